The highest BCUT2D eigenvalue weighted by molar-refractivity contribution is 7.12. The summed E-state index contributed by atoms with van der Waals surface area (Å²) in [6, 6.07) is 2.22. The van der Waals surface area contributed by atoms with Crippen LogP contribution in [-0.2, 0) is 28.9 Å². The molecule has 1 aromatic heterocycles. The molecule has 1 aromatic rings. The lowest BCUT2D eigenvalue weighted by molar-refractivity contribution is -0.124. The van der Waals surface area contributed by atoms with Gasteiger partial charge in [-0.05, 0) is 30.9 Å². The number of nitrogens with one attached hydrogen (secondary N) is 1. The molecule has 0 aliphatic heterocycles. The summed E-state index contributed by atoms with van der Waals surface area (Å²) < 4.78 is 4.74. The van der Waals surface area contributed by atoms with Gasteiger partial charge < -0.3 is 10.1 Å². The zero-order chi connectivity index (χ0) is 10.7. The van der Waals surface area contributed by atoms with Gasteiger partial charge in [0.2, 0.25) is 5.91 Å². The molecule has 0 bridgehead atoms. The van der Waals surface area contributed by atoms with Gasteiger partial charge in [-0.1, -0.05) is 0 Å². The van der Waals surface area contributed by atoms with E-state index in [9.17, 15) is 4.79 Å². The second kappa shape index (κ2) is 4.77. The highest BCUT2D eigenvalue weighted by Crippen LogP contribution is 2.30. The van der Waals surface area contributed by atoms with Crippen LogP contribution in [0.25, 0.3) is 0 Å². The number of ether oxygens (including phenoxy) is 1. The van der Waals surface area contributed by atoms with Crippen molar-refractivity contribution in [3.05, 3.63) is 21.4 Å². The molecule has 1 aliphatic carbocycles. The molecule has 82 valence electrons. The van der Waals surface area contributed by atoms with Gasteiger partial charge in [0.15, 0.2) is 0 Å². The topological polar surface area (TPSA) is 38.3 Å². The molecule has 0 saturated carbocycles. The highest BCUT2D eigenvalue weighted by atomic mass is 32.1. The summed E-state index contributed by atoms with van der Waals surface area (Å²) >= 11 is 1.83. The van der Waals surface area contributed by atoms with Gasteiger partial charge >= 0.3 is 0 Å². The second-order valence-electron chi connectivity index (χ2n) is 3.72. The van der Waals surface area contributed by atoms with Gasteiger partial charge in [-0.3, -0.25) is 4.79 Å². The SMILES string of the molecule is COCC(=O)NCc1cc2c(s1)CCC2. The zero-order valence-corrected chi connectivity index (χ0v) is 9.65. The Kier molecular flexibility index (Phi) is 3.38. The Balaban J connectivity index is 1.86. The van der Waals surface area contributed by atoms with Crippen molar-refractivity contribution in [3.63, 3.8) is 0 Å². The first kappa shape index (κ1) is 10.6. The van der Waals surface area contributed by atoms with E-state index in [1.165, 1.54) is 41.7 Å². The number of amides is 1. The van der Waals surface area contributed by atoms with E-state index in [1.54, 1.807) is 0 Å². The average molecular weight is 225 g/mol. The van der Waals surface area contributed by atoms with Gasteiger partial charge in [0.25, 0.3) is 0 Å². The molecule has 0 saturated heterocycles. The summed E-state index contributed by atoms with van der Waals surface area (Å²) in [6.45, 7) is 0.783. The van der Waals surface area contributed by atoms with Crippen molar-refractivity contribution in [2.24, 2.45) is 0 Å². The zero-order valence-electron chi connectivity index (χ0n) is 8.84. The number of fused-ring (bicyclic) bond motifs is 1. The third-order valence-electron chi connectivity index (χ3n) is 2.53. The molecule has 4 heteroatoms. The molecule has 0 atom stereocenters. The average Bonchev–Trinajstić information content (AvgIpc) is 2.74. The smallest absolute Gasteiger partial charge is 0.246 e. The molecular formula is C11H15NO2S. The monoisotopic (exact) mass is 225 g/mol. The van der Waals surface area contributed by atoms with Crippen molar-refractivity contribution in [1.82, 2.24) is 5.32 Å². The summed E-state index contributed by atoms with van der Waals surface area (Å²) in [6.07, 6.45) is 3.71. The maximum absolute atomic E-state index is 11.2. The van der Waals surface area contributed by atoms with Crippen molar-refractivity contribution in [2.45, 2.75) is 25.8 Å². The molecule has 2 rings (SSSR count). The summed E-state index contributed by atoms with van der Waals surface area (Å²) in [5.41, 5.74) is 1.48. The predicted octanol–water partition coefficient (Wildman–Crippen LogP) is 1.50. The number of carbonyl (C=O) groups is 1. The predicted molar refractivity (Wildman–Crippen MR) is 60.1 cm³/mol. The lowest BCUT2D eigenvalue weighted by Gasteiger charge is -2.01. The molecule has 1 heterocycles. The molecule has 3 nitrogen and oxygen atoms in total. The van der Waals surface area contributed by atoms with Crippen LogP contribution in [0, 0.1) is 0 Å². The molecule has 0 radical (unpaired) electrons. The Bertz CT molecular complexity index is 338. The van der Waals surface area contributed by atoms with Crippen LogP contribution in [0.4, 0.5) is 0 Å². The first-order chi connectivity index (χ1) is 7.29. The minimum atomic E-state index is -0.0499. The van der Waals surface area contributed by atoms with Gasteiger partial charge in [-0.25, -0.2) is 0 Å². The summed E-state index contributed by atoms with van der Waals surface area (Å²) in [5.74, 6) is -0.0499. The molecule has 0 unspecified atom stereocenters. The molecule has 1 amide bonds. The van der Waals surface area contributed by atoms with E-state index < -0.39 is 0 Å². The number of rotatable bonds is 4. The number of carbonyl (C=O) groups excluding carboxylic acids is 1. The van der Waals surface area contributed by atoms with E-state index in [-0.39, 0.29) is 12.5 Å². The van der Waals surface area contributed by atoms with Crippen LogP contribution in [0.2, 0.25) is 0 Å². The van der Waals surface area contributed by atoms with Gasteiger partial charge in [-0.2, -0.15) is 0 Å². The maximum atomic E-state index is 11.2. The Hall–Kier alpha value is -0.870. The molecule has 1 N–H and O–H groups in total. The van der Waals surface area contributed by atoms with Crippen LogP contribution in [0.3, 0.4) is 0 Å². The molecule has 1 aliphatic rings. The van der Waals surface area contributed by atoms with E-state index in [2.05, 4.69) is 11.4 Å². The number of hydrogen-bond acceptors (Lipinski definition) is 3. The number of methoxy groups -OCH3 is 1. The highest BCUT2D eigenvalue weighted by Gasteiger charge is 2.14. The summed E-state index contributed by atoms with van der Waals surface area (Å²) in [5, 5.41) is 2.84. The standard InChI is InChI=1S/C11H15NO2S/c1-14-7-11(13)12-6-9-5-8-3-2-4-10(8)15-9/h5H,2-4,6-7H2,1H3,(H,12,13). The van der Waals surface area contributed by atoms with E-state index in [0.717, 1.165) is 0 Å². The summed E-state index contributed by atoms with van der Waals surface area (Å²) in [4.78, 5) is 13.9. The van der Waals surface area contributed by atoms with Crippen LogP contribution in [0.15, 0.2) is 6.07 Å². The van der Waals surface area contributed by atoms with Crippen molar-refractivity contribution in [3.8, 4) is 0 Å². The maximum Gasteiger partial charge on any atom is 0.246 e. The Labute approximate surface area is 93.4 Å². The summed E-state index contributed by atoms with van der Waals surface area (Å²) in [7, 11) is 1.53. The van der Waals surface area contributed by atoms with Crippen molar-refractivity contribution in [2.75, 3.05) is 13.7 Å². The van der Waals surface area contributed by atoms with Crippen molar-refractivity contribution in [1.29, 1.82) is 0 Å². The number of thiophene rings is 1. The fourth-order valence-electron chi connectivity index (χ4n) is 1.85. The largest absolute Gasteiger partial charge is 0.375 e. The van der Waals surface area contributed by atoms with Crippen LogP contribution < -0.4 is 5.32 Å². The molecule has 0 fully saturated rings. The Morgan fingerprint density at radius 3 is 3.20 bits per heavy atom. The van der Waals surface area contributed by atoms with Crippen molar-refractivity contribution >= 4 is 17.2 Å². The fraction of sp³-hybridized carbons (Fsp3) is 0.545. The van der Waals surface area contributed by atoms with E-state index >= 15 is 0 Å². The minimum absolute atomic E-state index is 0.0499. The van der Waals surface area contributed by atoms with Gasteiger partial charge in [0, 0.05) is 16.9 Å². The van der Waals surface area contributed by atoms with Crippen LogP contribution in [0.1, 0.15) is 21.7 Å². The van der Waals surface area contributed by atoms with Gasteiger partial charge in [0.1, 0.15) is 6.61 Å². The van der Waals surface area contributed by atoms with Crippen LogP contribution >= 0.6 is 11.3 Å². The normalized spacial score (nSPS) is 13.9. The first-order valence-electron chi connectivity index (χ1n) is 5.15. The fourth-order valence-corrected chi connectivity index (χ4v) is 3.05. The van der Waals surface area contributed by atoms with E-state index in [0.29, 0.717) is 6.54 Å². The van der Waals surface area contributed by atoms with Crippen LogP contribution in [0.5, 0.6) is 0 Å². The minimum Gasteiger partial charge on any atom is -0.375 e. The molecule has 0 aromatic carbocycles. The van der Waals surface area contributed by atoms with Gasteiger partial charge in [-0.15, -0.1) is 11.3 Å². The second-order valence-corrected chi connectivity index (χ2v) is 4.95. The third-order valence-corrected chi connectivity index (χ3v) is 3.77. The van der Waals surface area contributed by atoms with E-state index in [1.807, 2.05) is 11.3 Å². The number of hydrogen-bond donors (Lipinski definition) is 1. The lowest BCUT2D eigenvalue weighted by Crippen LogP contribution is -2.26. The van der Waals surface area contributed by atoms with Crippen LogP contribution in [-0.4, -0.2) is 19.6 Å². The molecular weight excluding hydrogens is 210 g/mol. The molecule has 0 spiro atoms. The quantitative estimate of drug-likeness (QED) is 0.843. The Morgan fingerprint density at radius 1 is 1.60 bits per heavy atom. The Morgan fingerprint density at radius 2 is 2.47 bits per heavy atom. The lowest BCUT2D eigenvalue weighted by atomic mass is 10.2. The van der Waals surface area contributed by atoms with Crippen molar-refractivity contribution < 1.29 is 9.53 Å². The molecule has 15 heavy (non-hydrogen) atoms. The first-order valence-corrected chi connectivity index (χ1v) is 5.97. The number of aryl methyl sites for hydroxylation is 2. The van der Waals surface area contributed by atoms with Gasteiger partial charge in [0.05, 0.1) is 6.54 Å². The third kappa shape index (κ3) is 2.58. The van der Waals surface area contributed by atoms with E-state index in [4.69, 9.17) is 4.74 Å².